The highest BCUT2D eigenvalue weighted by Crippen LogP contribution is 2.31. The maximum absolute atomic E-state index is 5.84. The largest absolute Gasteiger partial charge is 0.493 e. The first-order valence-corrected chi connectivity index (χ1v) is 6.80. The van der Waals surface area contributed by atoms with Crippen LogP contribution < -0.4 is 14.8 Å². The number of para-hydroxylation sites is 1. The molecule has 0 saturated carbocycles. The third kappa shape index (κ3) is 5.77. The van der Waals surface area contributed by atoms with Crippen LogP contribution in [0.4, 0.5) is 0 Å². The Balaban J connectivity index is 2.61. The average Bonchev–Trinajstić information content (AvgIpc) is 2.48. The van der Waals surface area contributed by atoms with Gasteiger partial charge in [0.15, 0.2) is 11.5 Å². The molecule has 0 radical (unpaired) electrons. The van der Waals surface area contributed by atoms with E-state index in [9.17, 15) is 0 Å². The van der Waals surface area contributed by atoms with Gasteiger partial charge in [-0.3, -0.25) is 0 Å². The number of rotatable bonds is 11. The van der Waals surface area contributed by atoms with Crippen molar-refractivity contribution in [3.63, 3.8) is 0 Å². The second kappa shape index (κ2) is 10.5. The molecular formula is C15H25NO4. The fourth-order valence-corrected chi connectivity index (χ4v) is 1.80. The summed E-state index contributed by atoms with van der Waals surface area (Å²) in [6.45, 7) is 3.51. The highest BCUT2D eigenvalue weighted by Gasteiger charge is 2.10. The van der Waals surface area contributed by atoms with Crippen molar-refractivity contribution in [3.05, 3.63) is 23.8 Å². The molecular weight excluding hydrogens is 258 g/mol. The molecule has 0 amide bonds. The molecule has 0 aliphatic heterocycles. The summed E-state index contributed by atoms with van der Waals surface area (Å²) >= 11 is 0. The average molecular weight is 283 g/mol. The van der Waals surface area contributed by atoms with Gasteiger partial charge in [-0.2, -0.15) is 0 Å². The Hall–Kier alpha value is -1.30. The summed E-state index contributed by atoms with van der Waals surface area (Å²) in [5.74, 6) is 1.56. The van der Waals surface area contributed by atoms with Gasteiger partial charge in [0.05, 0.1) is 20.3 Å². The van der Waals surface area contributed by atoms with Crippen molar-refractivity contribution < 1.29 is 18.9 Å². The molecule has 0 unspecified atom stereocenters. The molecule has 0 spiro atoms. The standard InChI is InChI=1S/C15H25NO4/c1-17-9-5-10-20-15-13(12-16-8-11-18-2)6-4-7-14(15)19-3/h4,6-7,16H,5,8-12H2,1-3H3. The summed E-state index contributed by atoms with van der Waals surface area (Å²) in [4.78, 5) is 0. The highest BCUT2D eigenvalue weighted by atomic mass is 16.5. The predicted octanol–water partition coefficient (Wildman–Crippen LogP) is 1.85. The van der Waals surface area contributed by atoms with Gasteiger partial charge in [-0.05, 0) is 6.07 Å². The van der Waals surface area contributed by atoms with Gasteiger partial charge >= 0.3 is 0 Å². The van der Waals surface area contributed by atoms with E-state index < -0.39 is 0 Å². The number of nitrogens with one attached hydrogen (secondary N) is 1. The number of benzene rings is 1. The van der Waals surface area contributed by atoms with Crippen LogP contribution in [0.2, 0.25) is 0 Å². The third-order valence-electron chi connectivity index (χ3n) is 2.82. The Morgan fingerprint density at radius 1 is 1.00 bits per heavy atom. The molecule has 0 heterocycles. The van der Waals surface area contributed by atoms with Crippen molar-refractivity contribution in [3.8, 4) is 11.5 Å². The van der Waals surface area contributed by atoms with Crippen LogP contribution in [0.1, 0.15) is 12.0 Å². The Labute approximate surface area is 121 Å². The van der Waals surface area contributed by atoms with Crippen LogP contribution in [0.15, 0.2) is 18.2 Å². The zero-order chi connectivity index (χ0) is 14.6. The molecule has 114 valence electrons. The van der Waals surface area contributed by atoms with E-state index in [-0.39, 0.29) is 0 Å². The fourth-order valence-electron chi connectivity index (χ4n) is 1.80. The van der Waals surface area contributed by atoms with E-state index in [2.05, 4.69) is 5.32 Å². The normalized spacial score (nSPS) is 10.6. The Morgan fingerprint density at radius 3 is 2.50 bits per heavy atom. The van der Waals surface area contributed by atoms with Crippen molar-refractivity contribution in [2.45, 2.75) is 13.0 Å². The summed E-state index contributed by atoms with van der Waals surface area (Å²) < 4.78 is 21.2. The van der Waals surface area contributed by atoms with Crippen LogP contribution in [-0.2, 0) is 16.0 Å². The van der Waals surface area contributed by atoms with E-state index in [1.165, 1.54) is 0 Å². The van der Waals surface area contributed by atoms with Crippen LogP contribution in [0, 0.1) is 0 Å². The van der Waals surface area contributed by atoms with Crippen LogP contribution in [-0.4, -0.2) is 47.7 Å². The van der Waals surface area contributed by atoms with Crippen LogP contribution >= 0.6 is 0 Å². The van der Waals surface area contributed by atoms with Crippen molar-refractivity contribution >= 4 is 0 Å². The maximum atomic E-state index is 5.84. The van der Waals surface area contributed by atoms with Crippen LogP contribution in [0.5, 0.6) is 11.5 Å². The van der Waals surface area contributed by atoms with E-state index in [0.29, 0.717) is 19.8 Å². The minimum absolute atomic E-state index is 0.610. The minimum Gasteiger partial charge on any atom is -0.493 e. The Kier molecular flexibility index (Phi) is 8.78. The first-order chi connectivity index (χ1) is 9.83. The lowest BCUT2D eigenvalue weighted by atomic mass is 10.2. The van der Waals surface area contributed by atoms with Gasteiger partial charge in [-0.1, -0.05) is 12.1 Å². The predicted molar refractivity (Wildman–Crippen MR) is 78.6 cm³/mol. The lowest BCUT2D eigenvalue weighted by molar-refractivity contribution is 0.170. The molecule has 0 aliphatic rings. The second-order valence-corrected chi connectivity index (χ2v) is 4.31. The quantitative estimate of drug-likeness (QED) is 0.628. The van der Waals surface area contributed by atoms with E-state index in [0.717, 1.165) is 36.6 Å². The lowest BCUT2D eigenvalue weighted by Gasteiger charge is -2.15. The topological polar surface area (TPSA) is 49.0 Å². The molecule has 1 aromatic carbocycles. The molecule has 1 rings (SSSR count). The summed E-state index contributed by atoms with van der Waals surface area (Å²) in [5, 5.41) is 3.31. The summed E-state index contributed by atoms with van der Waals surface area (Å²) in [5.41, 5.74) is 1.08. The monoisotopic (exact) mass is 283 g/mol. The van der Waals surface area contributed by atoms with Crippen molar-refractivity contribution in [1.82, 2.24) is 5.32 Å². The van der Waals surface area contributed by atoms with Gasteiger partial charge in [0, 0.05) is 45.9 Å². The van der Waals surface area contributed by atoms with Crippen molar-refractivity contribution in [2.24, 2.45) is 0 Å². The lowest BCUT2D eigenvalue weighted by Crippen LogP contribution is -2.19. The van der Waals surface area contributed by atoms with Crippen molar-refractivity contribution in [2.75, 3.05) is 47.7 Å². The van der Waals surface area contributed by atoms with Gasteiger partial charge in [-0.15, -0.1) is 0 Å². The molecule has 1 N–H and O–H groups in total. The number of methoxy groups -OCH3 is 3. The number of hydrogen-bond acceptors (Lipinski definition) is 5. The summed E-state index contributed by atoms with van der Waals surface area (Å²) in [6, 6.07) is 5.91. The summed E-state index contributed by atoms with van der Waals surface area (Å²) in [6.07, 6.45) is 0.852. The van der Waals surface area contributed by atoms with E-state index >= 15 is 0 Å². The maximum Gasteiger partial charge on any atom is 0.165 e. The Morgan fingerprint density at radius 2 is 1.80 bits per heavy atom. The molecule has 0 saturated heterocycles. The molecule has 5 nitrogen and oxygen atoms in total. The first kappa shape index (κ1) is 16.8. The van der Waals surface area contributed by atoms with Gasteiger partial charge in [0.25, 0.3) is 0 Å². The van der Waals surface area contributed by atoms with E-state index in [1.807, 2.05) is 18.2 Å². The second-order valence-electron chi connectivity index (χ2n) is 4.31. The van der Waals surface area contributed by atoms with Gasteiger partial charge in [0.1, 0.15) is 0 Å². The number of hydrogen-bond donors (Lipinski definition) is 1. The van der Waals surface area contributed by atoms with Crippen LogP contribution in [0.25, 0.3) is 0 Å². The molecule has 0 bridgehead atoms. The van der Waals surface area contributed by atoms with Crippen LogP contribution in [0.3, 0.4) is 0 Å². The summed E-state index contributed by atoms with van der Waals surface area (Å²) in [7, 11) is 5.03. The van der Waals surface area contributed by atoms with Gasteiger partial charge in [-0.25, -0.2) is 0 Å². The molecule has 0 fully saturated rings. The zero-order valence-corrected chi connectivity index (χ0v) is 12.6. The van der Waals surface area contributed by atoms with Gasteiger partial charge in [0.2, 0.25) is 0 Å². The molecule has 0 aromatic heterocycles. The Bertz CT molecular complexity index is 371. The fraction of sp³-hybridized carbons (Fsp3) is 0.600. The molecule has 0 aliphatic carbocycles. The molecule has 20 heavy (non-hydrogen) atoms. The van der Waals surface area contributed by atoms with Gasteiger partial charge < -0.3 is 24.3 Å². The van der Waals surface area contributed by atoms with E-state index in [1.54, 1.807) is 21.3 Å². The molecule has 1 aromatic rings. The first-order valence-electron chi connectivity index (χ1n) is 6.80. The highest BCUT2D eigenvalue weighted by molar-refractivity contribution is 5.46. The third-order valence-corrected chi connectivity index (χ3v) is 2.82. The van der Waals surface area contributed by atoms with E-state index in [4.69, 9.17) is 18.9 Å². The number of ether oxygens (including phenoxy) is 4. The SMILES string of the molecule is COCCCOc1c(CNCCOC)cccc1OC. The molecule has 5 heteroatoms. The zero-order valence-electron chi connectivity index (χ0n) is 12.6. The smallest absolute Gasteiger partial charge is 0.165 e. The molecule has 0 atom stereocenters. The minimum atomic E-state index is 0.610. The van der Waals surface area contributed by atoms with Crippen molar-refractivity contribution in [1.29, 1.82) is 0 Å².